The summed E-state index contributed by atoms with van der Waals surface area (Å²) >= 11 is 1.63. The van der Waals surface area contributed by atoms with Crippen LogP contribution in [0.25, 0.3) is 16.6 Å². The minimum atomic E-state index is 0.743. The Morgan fingerprint density at radius 3 is 2.60 bits per heavy atom. The summed E-state index contributed by atoms with van der Waals surface area (Å²) in [4.78, 5) is 4.38. The molecule has 3 aromatic heterocycles. The fourth-order valence-electron chi connectivity index (χ4n) is 2.65. The van der Waals surface area contributed by atoms with E-state index in [1.807, 2.05) is 42.2 Å². The average Bonchev–Trinajstić information content (AvgIpc) is 3.09. The number of hydrogen-bond donors (Lipinski definition) is 0. The fraction of sp³-hybridized carbons (Fsp3) is 0.158. The zero-order chi connectivity index (χ0) is 17.2. The number of benzene rings is 1. The van der Waals surface area contributed by atoms with Crippen LogP contribution in [-0.4, -0.2) is 25.0 Å². The molecule has 0 saturated carbocycles. The number of rotatable bonds is 4. The van der Waals surface area contributed by atoms with Crippen molar-refractivity contribution in [3.05, 3.63) is 71.8 Å². The molecule has 6 heteroatoms. The van der Waals surface area contributed by atoms with Gasteiger partial charge >= 0.3 is 0 Å². The molecule has 0 saturated heterocycles. The Morgan fingerprint density at radius 1 is 1.00 bits per heavy atom. The van der Waals surface area contributed by atoms with E-state index in [0.717, 1.165) is 38.8 Å². The minimum Gasteiger partial charge on any atom is -0.260 e. The third kappa shape index (κ3) is 3.13. The molecule has 4 aromatic rings. The normalized spacial score (nSPS) is 11.1. The monoisotopic (exact) mass is 347 g/mol. The summed E-state index contributed by atoms with van der Waals surface area (Å²) in [6.07, 6.45) is 3.67. The van der Waals surface area contributed by atoms with E-state index in [4.69, 9.17) is 0 Å². The summed E-state index contributed by atoms with van der Waals surface area (Å²) in [5.74, 6) is 0.743. The molecule has 0 amide bonds. The first-order chi connectivity index (χ1) is 12.2. The lowest BCUT2D eigenvalue weighted by Crippen LogP contribution is -2.00. The second-order valence-corrected chi connectivity index (χ2v) is 6.82. The van der Waals surface area contributed by atoms with E-state index in [1.165, 1.54) is 5.56 Å². The van der Waals surface area contributed by atoms with E-state index < -0.39 is 0 Å². The van der Waals surface area contributed by atoms with Crippen molar-refractivity contribution in [2.45, 2.75) is 24.6 Å². The number of pyridine rings is 1. The van der Waals surface area contributed by atoms with Gasteiger partial charge in [0.1, 0.15) is 10.5 Å². The molecule has 0 N–H and O–H groups in total. The van der Waals surface area contributed by atoms with Crippen LogP contribution in [0.4, 0.5) is 0 Å². The number of fused-ring (bicyclic) bond motifs is 1. The van der Waals surface area contributed by atoms with Gasteiger partial charge in [-0.3, -0.25) is 4.98 Å². The van der Waals surface area contributed by atoms with Crippen molar-refractivity contribution in [2.75, 3.05) is 0 Å². The van der Waals surface area contributed by atoms with Crippen molar-refractivity contribution in [1.29, 1.82) is 0 Å². The molecule has 25 heavy (non-hydrogen) atoms. The minimum absolute atomic E-state index is 0.743. The summed E-state index contributed by atoms with van der Waals surface area (Å²) < 4.78 is 1.94. The number of thioether (sulfide) groups is 1. The lowest BCUT2D eigenvalue weighted by atomic mass is 10.2. The topological polar surface area (TPSA) is 56.5 Å². The van der Waals surface area contributed by atoms with Crippen molar-refractivity contribution in [1.82, 2.24) is 25.0 Å². The van der Waals surface area contributed by atoms with Crippen molar-refractivity contribution in [2.24, 2.45) is 0 Å². The van der Waals surface area contributed by atoms with E-state index in [9.17, 15) is 0 Å². The maximum absolute atomic E-state index is 4.58. The summed E-state index contributed by atoms with van der Waals surface area (Å²) in [7, 11) is 0. The fourth-order valence-corrected chi connectivity index (χ4v) is 3.53. The molecule has 1 aromatic carbocycles. The van der Waals surface area contributed by atoms with Gasteiger partial charge in [-0.25, -0.2) is 4.68 Å². The van der Waals surface area contributed by atoms with Gasteiger partial charge in [-0.2, -0.15) is 10.2 Å². The lowest BCUT2D eigenvalue weighted by molar-refractivity contribution is 0.867. The van der Waals surface area contributed by atoms with Gasteiger partial charge in [0.2, 0.25) is 0 Å². The van der Waals surface area contributed by atoms with Gasteiger partial charge in [0, 0.05) is 17.3 Å². The highest BCUT2D eigenvalue weighted by Crippen LogP contribution is 2.30. The molecule has 0 aliphatic carbocycles. The maximum Gasteiger partial charge on any atom is 0.146 e. The molecule has 4 rings (SSSR count). The molecular weight excluding hydrogens is 330 g/mol. The Kier molecular flexibility index (Phi) is 4.19. The Morgan fingerprint density at radius 2 is 1.84 bits per heavy atom. The molecule has 0 unspecified atom stereocenters. The molecule has 0 radical (unpaired) electrons. The highest BCUT2D eigenvalue weighted by Gasteiger charge is 2.15. The third-order valence-corrected chi connectivity index (χ3v) is 5.00. The molecule has 0 aliphatic rings. The van der Waals surface area contributed by atoms with Crippen LogP contribution in [0.2, 0.25) is 0 Å². The van der Waals surface area contributed by atoms with Crippen LogP contribution in [0, 0.1) is 13.8 Å². The highest BCUT2D eigenvalue weighted by atomic mass is 32.2. The smallest absolute Gasteiger partial charge is 0.146 e. The van der Waals surface area contributed by atoms with E-state index >= 15 is 0 Å². The van der Waals surface area contributed by atoms with Gasteiger partial charge < -0.3 is 0 Å². The van der Waals surface area contributed by atoms with Gasteiger partial charge in [0.05, 0.1) is 23.3 Å². The molecule has 5 nitrogen and oxygen atoms in total. The molecular formula is C19H17N5S. The summed E-state index contributed by atoms with van der Waals surface area (Å²) in [6, 6.07) is 14.3. The standard InChI is InChI=1S/C19H17N5S/c1-13-6-8-16(9-7-13)24-18-17(11-21-24)14(2)22-23-19(18)25-12-15-5-3-4-10-20-15/h3-11H,12H2,1-2H3. The van der Waals surface area contributed by atoms with E-state index in [0.29, 0.717) is 0 Å². The molecule has 3 heterocycles. The van der Waals surface area contributed by atoms with Crippen molar-refractivity contribution in [3.8, 4) is 5.69 Å². The number of hydrogen-bond acceptors (Lipinski definition) is 5. The molecule has 0 fully saturated rings. The third-order valence-electron chi connectivity index (χ3n) is 4.01. The predicted octanol–water partition coefficient (Wildman–Crippen LogP) is 4.12. The van der Waals surface area contributed by atoms with Crippen molar-refractivity contribution < 1.29 is 0 Å². The Balaban J connectivity index is 1.77. The van der Waals surface area contributed by atoms with Crippen LogP contribution in [0.15, 0.2) is 59.9 Å². The van der Waals surface area contributed by atoms with E-state index in [1.54, 1.807) is 11.8 Å². The number of aryl methyl sites for hydroxylation is 2. The lowest BCUT2D eigenvalue weighted by Gasteiger charge is -2.08. The highest BCUT2D eigenvalue weighted by molar-refractivity contribution is 7.98. The SMILES string of the molecule is Cc1ccc(-n2ncc3c(C)nnc(SCc4ccccn4)c32)cc1. The average molecular weight is 347 g/mol. The van der Waals surface area contributed by atoms with Gasteiger partial charge in [-0.15, -0.1) is 5.10 Å². The Bertz CT molecular complexity index is 1010. The largest absolute Gasteiger partial charge is 0.260 e. The number of nitrogens with zero attached hydrogens (tertiary/aromatic N) is 5. The summed E-state index contributed by atoms with van der Waals surface area (Å²) in [5, 5.41) is 15.2. The molecule has 124 valence electrons. The Labute approximate surface area is 150 Å². The first-order valence-corrected chi connectivity index (χ1v) is 9.02. The predicted molar refractivity (Wildman–Crippen MR) is 99.9 cm³/mol. The number of aromatic nitrogens is 5. The van der Waals surface area contributed by atoms with Gasteiger partial charge in [0.15, 0.2) is 0 Å². The first-order valence-electron chi connectivity index (χ1n) is 8.03. The summed E-state index contributed by atoms with van der Waals surface area (Å²) in [6.45, 7) is 4.04. The van der Waals surface area contributed by atoms with Crippen LogP contribution in [0.5, 0.6) is 0 Å². The van der Waals surface area contributed by atoms with Crippen LogP contribution in [-0.2, 0) is 5.75 Å². The quantitative estimate of drug-likeness (QED) is 0.520. The van der Waals surface area contributed by atoms with Crippen molar-refractivity contribution >= 4 is 22.7 Å². The van der Waals surface area contributed by atoms with E-state index in [-0.39, 0.29) is 0 Å². The zero-order valence-electron chi connectivity index (χ0n) is 14.0. The first kappa shape index (κ1) is 15.8. The van der Waals surface area contributed by atoms with Gasteiger partial charge in [-0.05, 0) is 38.1 Å². The second kappa shape index (κ2) is 6.64. The molecule has 0 aliphatic heterocycles. The maximum atomic E-state index is 4.58. The van der Waals surface area contributed by atoms with Crippen LogP contribution in [0.3, 0.4) is 0 Å². The van der Waals surface area contributed by atoms with Gasteiger partial charge in [-0.1, -0.05) is 35.5 Å². The molecule has 0 bridgehead atoms. The Hall–Kier alpha value is -2.73. The van der Waals surface area contributed by atoms with Crippen molar-refractivity contribution in [3.63, 3.8) is 0 Å². The zero-order valence-corrected chi connectivity index (χ0v) is 14.9. The van der Waals surface area contributed by atoms with Crippen LogP contribution >= 0.6 is 11.8 Å². The summed E-state index contributed by atoms with van der Waals surface area (Å²) in [5.41, 5.74) is 5.14. The second-order valence-electron chi connectivity index (χ2n) is 5.85. The van der Waals surface area contributed by atoms with Crippen LogP contribution < -0.4 is 0 Å². The molecule has 0 spiro atoms. The van der Waals surface area contributed by atoms with E-state index in [2.05, 4.69) is 51.5 Å². The van der Waals surface area contributed by atoms with Crippen LogP contribution in [0.1, 0.15) is 17.0 Å². The molecule has 0 atom stereocenters. The van der Waals surface area contributed by atoms with Gasteiger partial charge in [0.25, 0.3) is 0 Å².